The van der Waals surface area contributed by atoms with Gasteiger partial charge in [0.15, 0.2) is 0 Å². The van der Waals surface area contributed by atoms with E-state index < -0.39 is 0 Å². The minimum Gasteiger partial charge on any atom is -0.475 e. The highest BCUT2D eigenvalue weighted by Gasteiger charge is 2.05. The highest BCUT2D eigenvalue weighted by atomic mass is 16.5. The third kappa shape index (κ3) is 5.84. The summed E-state index contributed by atoms with van der Waals surface area (Å²) in [6, 6.07) is 1.81. The topological polar surface area (TPSA) is 47.0 Å². The van der Waals surface area contributed by atoms with Crippen LogP contribution in [0, 0.1) is 0 Å². The Kier molecular flexibility index (Phi) is 7.14. The minimum absolute atomic E-state index is 0.214. The summed E-state index contributed by atoms with van der Waals surface area (Å²) < 4.78 is 5.79. The van der Waals surface area contributed by atoms with E-state index in [9.17, 15) is 0 Å². The molecule has 4 heteroatoms. The van der Waals surface area contributed by atoms with Crippen LogP contribution in [0.4, 0.5) is 5.95 Å². The lowest BCUT2D eigenvalue weighted by molar-refractivity contribution is 0.198. The highest BCUT2D eigenvalue weighted by molar-refractivity contribution is 5.26. The Morgan fingerprint density at radius 2 is 2.11 bits per heavy atom. The number of hydrogen-bond acceptors (Lipinski definition) is 4. The molecule has 0 amide bonds. The predicted molar refractivity (Wildman–Crippen MR) is 75.0 cm³/mol. The standard InChI is InChI=1S/C14H25N3O/c1-4-6-7-8-9-12(3)18-13-10-11-16-14(17-13)15-5-2/h10-12H,4-9H2,1-3H3,(H,15,16,17). The first kappa shape index (κ1) is 14.7. The van der Waals surface area contributed by atoms with Crippen molar-refractivity contribution >= 4 is 5.95 Å². The molecule has 102 valence electrons. The molecule has 1 N–H and O–H groups in total. The zero-order chi connectivity index (χ0) is 13.2. The van der Waals surface area contributed by atoms with Gasteiger partial charge in [0.2, 0.25) is 11.8 Å². The SMILES string of the molecule is CCCCCCC(C)Oc1ccnc(NCC)n1. The van der Waals surface area contributed by atoms with E-state index in [1.54, 1.807) is 6.20 Å². The van der Waals surface area contributed by atoms with Crippen LogP contribution in [0.5, 0.6) is 5.88 Å². The van der Waals surface area contributed by atoms with Crippen LogP contribution in [0.3, 0.4) is 0 Å². The van der Waals surface area contributed by atoms with Crippen LogP contribution in [0.2, 0.25) is 0 Å². The van der Waals surface area contributed by atoms with Crippen molar-refractivity contribution in [3.05, 3.63) is 12.3 Å². The molecular formula is C14H25N3O. The van der Waals surface area contributed by atoms with Crippen LogP contribution in [0.1, 0.15) is 52.9 Å². The molecule has 0 bridgehead atoms. The number of nitrogens with zero attached hydrogens (tertiary/aromatic N) is 2. The summed E-state index contributed by atoms with van der Waals surface area (Å²) in [4.78, 5) is 8.42. The molecule has 0 aliphatic carbocycles. The second-order valence-corrected chi connectivity index (χ2v) is 4.53. The highest BCUT2D eigenvalue weighted by Crippen LogP contribution is 2.13. The fourth-order valence-corrected chi connectivity index (χ4v) is 1.77. The molecular weight excluding hydrogens is 226 g/mol. The third-order valence-corrected chi connectivity index (χ3v) is 2.75. The van der Waals surface area contributed by atoms with Crippen LogP contribution >= 0.6 is 0 Å². The summed E-state index contributed by atoms with van der Waals surface area (Å²) in [5.74, 6) is 1.29. The normalized spacial score (nSPS) is 12.2. The number of ether oxygens (including phenoxy) is 1. The maximum Gasteiger partial charge on any atom is 0.225 e. The monoisotopic (exact) mass is 251 g/mol. The van der Waals surface area contributed by atoms with E-state index in [4.69, 9.17) is 4.74 Å². The van der Waals surface area contributed by atoms with Crippen molar-refractivity contribution < 1.29 is 4.74 Å². The Bertz CT molecular complexity index is 331. The Hall–Kier alpha value is -1.32. The molecule has 1 aromatic rings. The molecule has 1 aromatic heterocycles. The number of anilines is 1. The van der Waals surface area contributed by atoms with E-state index in [1.807, 2.05) is 13.0 Å². The molecule has 4 nitrogen and oxygen atoms in total. The van der Waals surface area contributed by atoms with Gasteiger partial charge >= 0.3 is 0 Å². The largest absolute Gasteiger partial charge is 0.475 e. The number of aromatic nitrogens is 2. The quantitative estimate of drug-likeness (QED) is 0.681. The number of nitrogens with one attached hydrogen (secondary N) is 1. The molecule has 0 aliphatic heterocycles. The molecule has 0 aromatic carbocycles. The molecule has 0 saturated heterocycles. The zero-order valence-corrected chi connectivity index (χ0v) is 11.8. The molecule has 1 heterocycles. The first-order valence-electron chi connectivity index (χ1n) is 6.99. The Balaban J connectivity index is 2.34. The summed E-state index contributed by atoms with van der Waals surface area (Å²) in [5, 5.41) is 3.08. The fourth-order valence-electron chi connectivity index (χ4n) is 1.77. The average Bonchev–Trinajstić information content (AvgIpc) is 2.35. The van der Waals surface area contributed by atoms with Gasteiger partial charge in [-0.05, 0) is 26.7 Å². The lowest BCUT2D eigenvalue weighted by Gasteiger charge is -2.14. The van der Waals surface area contributed by atoms with Gasteiger partial charge in [0, 0.05) is 18.8 Å². The van der Waals surface area contributed by atoms with E-state index in [0.29, 0.717) is 11.8 Å². The molecule has 1 atom stereocenters. The first-order valence-corrected chi connectivity index (χ1v) is 6.99. The van der Waals surface area contributed by atoms with E-state index in [2.05, 4.69) is 29.1 Å². The van der Waals surface area contributed by atoms with Crippen molar-refractivity contribution in [2.24, 2.45) is 0 Å². The van der Waals surface area contributed by atoms with Crippen molar-refractivity contribution in [3.63, 3.8) is 0 Å². The van der Waals surface area contributed by atoms with Gasteiger partial charge in [-0.25, -0.2) is 4.98 Å². The number of rotatable bonds is 9. The number of hydrogen-bond donors (Lipinski definition) is 1. The summed E-state index contributed by atoms with van der Waals surface area (Å²) in [6.07, 6.45) is 8.12. The maximum atomic E-state index is 5.79. The average molecular weight is 251 g/mol. The molecule has 18 heavy (non-hydrogen) atoms. The summed E-state index contributed by atoms with van der Waals surface area (Å²) >= 11 is 0. The lowest BCUT2D eigenvalue weighted by atomic mass is 10.1. The van der Waals surface area contributed by atoms with Crippen LogP contribution in [-0.4, -0.2) is 22.6 Å². The second-order valence-electron chi connectivity index (χ2n) is 4.53. The van der Waals surface area contributed by atoms with Crippen LogP contribution in [-0.2, 0) is 0 Å². The molecule has 0 saturated carbocycles. The molecule has 0 spiro atoms. The van der Waals surface area contributed by atoms with Crippen molar-refractivity contribution in [3.8, 4) is 5.88 Å². The van der Waals surface area contributed by atoms with Crippen molar-refractivity contribution in [2.75, 3.05) is 11.9 Å². The summed E-state index contributed by atoms with van der Waals surface area (Å²) in [6.45, 7) is 7.16. The third-order valence-electron chi connectivity index (χ3n) is 2.75. The summed E-state index contributed by atoms with van der Waals surface area (Å²) in [5.41, 5.74) is 0. The van der Waals surface area contributed by atoms with E-state index in [0.717, 1.165) is 13.0 Å². The van der Waals surface area contributed by atoms with Gasteiger partial charge in [0.1, 0.15) is 0 Å². The van der Waals surface area contributed by atoms with Crippen LogP contribution < -0.4 is 10.1 Å². The van der Waals surface area contributed by atoms with Crippen molar-refractivity contribution in [1.29, 1.82) is 0 Å². The molecule has 1 unspecified atom stereocenters. The van der Waals surface area contributed by atoms with Gasteiger partial charge in [-0.1, -0.05) is 26.2 Å². The second kappa shape index (κ2) is 8.72. The molecule has 0 aliphatic rings. The fraction of sp³-hybridized carbons (Fsp3) is 0.714. The smallest absolute Gasteiger partial charge is 0.225 e. The Morgan fingerprint density at radius 3 is 2.83 bits per heavy atom. The van der Waals surface area contributed by atoms with Gasteiger partial charge in [-0.2, -0.15) is 4.98 Å². The Labute approximate surface area is 110 Å². The van der Waals surface area contributed by atoms with Gasteiger partial charge in [0.05, 0.1) is 6.10 Å². The van der Waals surface area contributed by atoms with Crippen LogP contribution in [0.15, 0.2) is 12.3 Å². The van der Waals surface area contributed by atoms with Crippen molar-refractivity contribution in [2.45, 2.75) is 59.0 Å². The van der Waals surface area contributed by atoms with Gasteiger partial charge in [-0.3, -0.25) is 0 Å². The Morgan fingerprint density at radius 1 is 1.28 bits per heavy atom. The van der Waals surface area contributed by atoms with Crippen LogP contribution in [0.25, 0.3) is 0 Å². The zero-order valence-electron chi connectivity index (χ0n) is 11.8. The molecule has 1 rings (SSSR count). The van der Waals surface area contributed by atoms with Gasteiger partial charge < -0.3 is 10.1 Å². The van der Waals surface area contributed by atoms with E-state index >= 15 is 0 Å². The lowest BCUT2D eigenvalue weighted by Crippen LogP contribution is -2.13. The van der Waals surface area contributed by atoms with Crippen molar-refractivity contribution in [1.82, 2.24) is 9.97 Å². The predicted octanol–water partition coefficient (Wildman–Crippen LogP) is 3.65. The minimum atomic E-state index is 0.214. The van der Waals surface area contributed by atoms with Gasteiger partial charge in [-0.15, -0.1) is 0 Å². The first-order chi connectivity index (χ1) is 8.76. The number of unbranched alkanes of at least 4 members (excludes halogenated alkanes) is 3. The maximum absolute atomic E-state index is 5.79. The molecule has 0 fully saturated rings. The summed E-state index contributed by atoms with van der Waals surface area (Å²) in [7, 11) is 0. The molecule has 0 radical (unpaired) electrons. The van der Waals surface area contributed by atoms with Gasteiger partial charge in [0.25, 0.3) is 0 Å². The van der Waals surface area contributed by atoms with E-state index in [-0.39, 0.29) is 6.10 Å². The van der Waals surface area contributed by atoms with E-state index in [1.165, 1.54) is 25.7 Å².